The highest BCUT2D eigenvalue weighted by Gasteiger charge is 2.14. The smallest absolute Gasteiger partial charge is 0.147 e. The van der Waals surface area contributed by atoms with Gasteiger partial charge in [-0.3, -0.25) is 0 Å². The fourth-order valence-electron chi connectivity index (χ4n) is 2.06. The first-order chi connectivity index (χ1) is 10.0. The van der Waals surface area contributed by atoms with Crippen LogP contribution in [0, 0.1) is 12.7 Å². The highest BCUT2D eigenvalue weighted by atomic mass is 79.9. The molecular weight excluding hydrogens is 337 g/mol. The predicted molar refractivity (Wildman–Crippen MR) is 85.3 cm³/mol. The molecule has 1 unspecified atom stereocenters. The number of aliphatic hydroxyl groups is 1. The molecule has 21 heavy (non-hydrogen) atoms. The minimum Gasteiger partial charge on any atom is -0.496 e. The molecule has 2 rings (SSSR count). The van der Waals surface area contributed by atoms with Crippen LogP contribution in [0.25, 0.3) is 0 Å². The number of anilines is 1. The lowest BCUT2D eigenvalue weighted by Gasteiger charge is -2.17. The minimum atomic E-state index is -0.789. The number of nitrogens with one attached hydrogen (secondary N) is 1. The maximum Gasteiger partial charge on any atom is 0.147 e. The van der Waals surface area contributed by atoms with Crippen molar-refractivity contribution in [3.63, 3.8) is 0 Å². The van der Waals surface area contributed by atoms with Crippen LogP contribution in [-0.4, -0.2) is 18.8 Å². The van der Waals surface area contributed by atoms with Gasteiger partial charge < -0.3 is 15.2 Å². The summed E-state index contributed by atoms with van der Waals surface area (Å²) in [5.41, 5.74) is 2.06. The van der Waals surface area contributed by atoms with Crippen molar-refractivity contribution in [2.75, 3.05) is 19.0 Å². The Morgan fingerprint density at radius 3 is 2.71 bits per heavy atom. The van der Waals surface area contributed by atoms with Gasteiger partial charge in [-0.25, -0.2) is 4.39 Å². The standard InChI is InChI=1S/C16H17BrFNO2/c1-10-3-6-16(21-2)12(7-10)15(20)9-19-14-5-4-11(17)8-13(14)18/h3-8,15,19-20H,9H2,1-2H3. The molecule has 0 bridgehead atoms. The summed E-state index contributed by atoms with van der Waals surface area (Å²) in [5.74, 6) is 0.249. The number of hydrogen-bond donors (Lipinski definition) is 2. The normalized spacial score (nSPS) is 12.0. The summed E-state index contributed by atoms with van der Waals surface area (Å²) < 4.78 is 19.6. The largest absolute Gasteiger partial charge is 0.496 e. The van der Waals surface area contributed by atoms with Gasteiger partial charge in [0.2, 0.25) is 0 Å². The number of aryl methyl sites for hydroxylation is 1. The molecule has 2 N–H and O–H groups in total. The second-order valence-electron chi connectivity index (χ2n) is 4.77. The van der Waals surface area contributed by atoms with Gasteiger partial charge in [0.05, 0.1) is 18.9 Å². The summed E-state index contributed by atoms with van der Waals surface area (Å²) in [4.78, 5) is 0. The van der Waals surface area contributed by atoms with Crippen LogP contribution in [0.15, 0.2) is 40.9 Å². The average Bonchev–Trinajstić information content (AvgIpc) is 2.46. The van der Waals surface area contributed by atoms with Gasteiger partial charge >= 0.3 is 0 Å². The molecule has 1 atom stereocenters. The predicted octanol–water partition coefficient (Wildman–Crippen LogP) is 4.05. The Kier molecular flexibility index (Phi) is 5.20. The molecule has 0 heterocycles. The van der Waals surface area contributed by atoms with Crippen molar-refractivity contribution >= 4 is 21.6 Å². The molecule has 2 aromatic rings. The third-order valence-corrected chi connectivity index (χ3v) is 3.65. The summed E-state index contributed by atoms with van der Waals surface area (Å²) in [5, 5.41) is 13.2. The van der Waals surface area contributed by atoms with E-state index >= 15 is 0 Å². The second kappa shape index (κ2) is 6.91. The Morgan fingerprint density at radius 1 is 1.29 bits per heavy atom. The summed E-state index contributed by atoms with van der Waals surface area (Å²) in [6.07, 6.45) is -0.789. The molecule has 0 radical (unpaired) electrons. The number of hydrogen-bond acceptors (Lipinski definition) is 3. The van der Waals surface area contributed by atoms with Crippen LogP contribution < -0.4 is 10.1 Å². The fourth-order valence-corrected chi connectivity index (χ4v) is 2.40. The SMILES string of the molecule is COc1ccc(C)cc1C(O)CNc1ccc(Br)cc1F. The van der Waals surface area contributed by atoms with Gasteiger partial charge in [0.25, 0.3) is 0 Å². The van der Waals surface area contributed by atoms with Gasteiger partial charge in [0, 0.05) is 16.6 Å². The van der Waals surface area contributed by atoms with Crippen LogP contribution in [0.2, 0.25) is 0 Å². The monoisotopic (exact) mass is 353 g/mol. The molecule has 112 valence electrons. The van der Waals surface area contributed by atoms with E-state index in [0.29, 0.717) is 21.5 Å². The molecule has 0 amide bonds. The molecule has 3 nitrogen and oxygen atoms in total. The van der Waals surface area contributed by atoms with E-state index in [2.05, 4.69) is 21.2 Å². The molecule has 5 heteroatoms. The van der Waals surface area contributed by atoms with E-state index in [4.69, 9.17) is 4.74 Å². The zero-order chi connectivity index (χ0) is 15.4. The quantitative estimate of drug-likeness (QED) is 0.851. The number of benzene rings is 2. The second-order valence-corrected chi connectivity index (χ2v) is 5.68. The lowest BCUT2D eigenvalue weighted by Crippen LogP contribution is -2.14. The summed E-state index contributed by atoms with van der Waals surface area (Å²) in [6, 6.07) is 10.3. The van der Waals surface area contributed by atoms with Crippen LogP contribution >= 0.6 is 15.9 Å². The van der Waals surface area contributed by atoms with Crippen LogP contribution in [0.1, 0.15) is 17.2 Å². The lowest BCUT2D eigenvalue weighted by atomic mass is 10.0. The van der Waals surface area contributed by atoms with Gasteiger partial charge in [0.1, 0.15) is 11.6 Å². The lowest BCUT2D eigenvalue weighted by molar-refractivity contribution is 0.186. The molecule has 0 fully saturated rings. The van der Waals surface area contributed by atoms with Crippen LogP contribution in [0.5, 0.6) is 5.75 Å². The first kappa shape index (κ1) is 15.8. The first-order valence-electron chi connectivity index (χ1n) is 6.53. The van der Waals surface area contributed by atoms with E-state index in [0.717, 1.165) is 5.56 Å². The molecular formula is C16H17BrFNO2. The summed E-state index contributed by atoms with van der Waals surface area (Å²) in [7, 11) is 1.56. The molecule has 2 aromatic carbocycles. The Labute approximate surface area is 131 Å². The Balaban J connectivity index is 2.11. The summed E-state index contributed by atoms with van der Waals surface area (Å²) >= 11 is 3.21. The van der Waals surface area contributed by atoms with Crippen molar-refractivity contribution in [2.24, 2.45) is 0 Å². The zero-order valence-corrected chi connectivity index (χ0v) is 13.4. The zero-order valence-electron chi connectivity index (χ0n) is 11.9. The maximum atomic E-state index is 13.7. The van der Waals surface area contributed by atoms with Gasteiger partial charge in [0.15, 0.2) is 0 Å². The van der Waals surface area contributed by atoms with Crippen LogP contribution in [-0.2, 0) is 0 Å². The molecule has 0 spiro atoms. The van der Waals surface area contributed by atoms with Crippen molar-refractivity contribution < 1.29 is 14.2 Å². The van der Waals surface area contributed by atoms with Crippen molar-refractivity contribution in [1.82, 2.24) is 0 Å². The van der Waals surface area contributed by atoms with E-state index in [1.54, 1.807) is 19.2 Å². The Morgan fingerprint density at radius 2 is 2.05 bits per heavy atom. The third kappa shape index (κ3) is 3.95. The molecule has 0 saturated carbocycles. The average molecular weight is 354 g/mol. The van der Waals surface area contributed by atoms with E-state index in [9.17, 15) is 9.50 Å². The fraction of sp³-hybridized carbons (Fsp3) is 0.250. The van der Waals surface area contributed by atoms with E-state index in [-0.39, 0.29) is 12.4 Å². The van der Waals surface area contributed by atoms with Crippen molar-refractivity contribution in [3.05, 3.63) is 57.8 Å². The van der Waals surface area contributed by atoms with Crippen molar-refractivity contribution in [3.8, 4) is 5.75 Å². The van der Waals surface area contributed by atoms with Gasteiger partial charge in [-0.1, -0.05) is 27.6 Å². The maximum absolute atomic E-state index is 13.7. The van der Waals surface area contributed by atoms with Crippen LogP contribution in [0.3, 0.4) is 0 Å². The number of methoxy groups -OCH3 is 1. The van der Waals surface area contributed by atoms with E-state index in [1.807, 2.05) is 25.1 Å². The topological polar surface area (TPSA) is 41.5 Å². The third-order valence-electron chi connectivity index (χ3n) is 3.16. The van der Waals surface area contributed by atoms with Gasteiger partial charge in [-0.2, -0.15) is 0 Å². The molecule has 0 saturated heterocycles. The first-order valence-corrected chi connectivity index (χ1v) is 7.32. The van der Waals surface area contributed by atoms with Gasteiger partial charge in [-0.05, 0) is 37.3 Å². The van der Waals surface area contributed by atoms with Crippen molar-refractivity contribution in [1.29, 1.82) is 0 Å². The number of aliphatic hydroxyl groups excluding tert-OH is 1. The Bertz CT molecular complexity index is 634. The molecule has 0 aliphatic rings. The molecule has 0 aliphatic carbocycles. The van der Waals surface area contributed by atoms with Crippen molar-refractivity contribution in [2.45, 2.75) is 13.0 Å². The highest BCUT2D eigenvalue weighted by molar-refractivity contribution is 9.10. The number of ether oxygens (including phenoxy) is 1. The number of halogens is 2. The summed E-state index contributed by atoms with van der Waals surface area (Å²) in [6.45, 7) is 2.13. The van der Waals surface area contributed by atoms with Gasteiger partial charge in [-0.15, -0.1) is 0 Å². The van der Waals surface area contributed by atoms with Crippen LogP contribution in [0.4, 0.5) is 10.1 Å². The Hall–Kier alpha value is -1.59. The highest BCUT2D eigenvalue weighted by Crippen LogP contribution is 2.27. The van der Waals surface area contributed by atoms with E-state index < -0.39 is 6.10 Å². The van der Waals surface area contributed by atoms with E-state index in [1.165, 1.54) is 6.07 Å². The number of rotatable bonds is 5. The minimum absolute atomic E-state index is 0.193. The molecule has 0 aliphatic heterocycles. The molecule has 0 aromatic heterocycles.